The molecule has 2 unspecified atom stereocenters. The molecule has 0 aromatic carbocycles. The lowest BCUT2D eigenvalue weighted by Gasteiger charge is -2.20. The maximum absolute atomic E-state index is 12.2. The third-order valence-electron chi connectivity index (χ3n) is 2.60. The van der Waals surface area contributed by atoms with Crippen molar-refractivity contribution in [3.8, 4) is 0 Å². The van der Waals surface area contributed by atoms with Gasteiger partial charge in [0.25, 0.3) is 0 Å². The molecule has 0 aromatic heterocycles. The average molecular weight is 166 g/mol. The maximum Gasteiger partial charge on any atom is 0.392 e. The highest BCUT2D eigenvalue weighted by atomic mass is 19.4. The van der Waals surface area contributed by atoms with E-state index < -0.39 is 12.1 Å². The summed E-state index contributed by atoms with van der Waals surface area (Å²) >= 11 is 0. The maximum atomic E-state index is 12.2. The van der Waals surface area contributed by atoms with Gasteiger partial charge in [-0.2, -0.15) is 13.2 Å². The highest BCUT2D eigenvalue weighted by Crippen LogP contribution is 2.44. The van der Waals surface area contributed by atoms with Crippen molar-refractivity contribution in [1.29, 1.82) is 0 Å². The summed E-state index contributed by atoms with van der Waals surface area (Å²) in [6.07, 6.45) is -1.41. The molecule has 2 atom stereocenters. The monoisotopic (exact) mass is 166 g/mol. The fourth-order valence-corrected chi connectivity index (χ4v) is 1.96. The fourth-order valence-electron chi connectivity index (χ4n) is 1.96. The molecular weight excluding hydrogens is 153 g/mol. The van der Waals surface area contributed by atoms with Crippen LogP contribution in [0, 0.1) is 11.8 Å². The SMILES string of the molecule is CCC1CCCC1C(F)(F)F. The highest BCUT2D eigenvalue weighted by Gasteiger charge is 2.45. The first-order valence-electron chi connectivity index (χ1n) is 4.12. The van der Waals surface area contributed by atoms with Crippen LogP contribution in [-0.4, -0.2) is 6.18 Å². The molecule has 0 N–H and O–H groups in total. The van der Waals surface area contributed by atoms with Crippen LogP contribution in [0.25, 0.3) is 0 Å². The van der Waals surface area contributed by atoms with Crippen LogP contribution >= 0.6 is 0 Å². The second kappa shape index (κ2) is 3.03. The Kier molecular flexibility index (Phi) is 2.45. The molecule has 1 rings (SSSR count). The van der Waals surface area contributed by atoms with E-state index in [0.717, 1.165) is 12.8 Å². The van der Waals surface area contributed by atoms with Crippen LogP contribution in [0.1, 0.15) is 32.6 Å². The molecule has 11 heavy (non-hydrogen) atoms. The van der Waals surface area contributed by atoms with Gasteiger partial charge in [-0.3, -0.25) is 0 Å². The lowest BCUT2D eigenvalue weighted by Crippen LogP contribution is -2.25. The molecular formula is C8H13F3. The van der Waals surface area contributed by atoms with E-state index in [1.807, 2.05) is 6.92 Å². The Hall–Kier alpha value is -0.210. The summed E-state index contributed by atoms with van der Waals surface area (Å²) in [4.78, 5) is 0. The Labute approximate surface area is 64.8 Å². The van der Waals surface area contributed by atoms with E-state index in [1.54, 1.807) is 0 Å². The minimum Gasteiger partial charge on any atom is -0.171 e. The van der Waals surface area contributed by atoms with Crippen LogP contribution in [0.4, 0.5) is 13.2 Å². The molecule has 1 aliphatic rings. The van der Waals surface area contributed by atoms with Gasteiger partial charge in [-0.25, -0.2) is 0 Å². The number of hydrogen-bond acceptors (Lipinski definition) is 0. The Morgan fingerprint density at radius 2 is 1.91 bits per heavy atom. The summed E-state index contributed by atoms with van der Waals surface area (Å²) in [6, 6.07) is 0. The van der Waals surface area contributed by atoms with Gasteiger partial charge in [-0.05, 0) is 18.8 Å². The lowest BCUT2D eigenvalue weighted by atomic mass is 9.93. The Morgan fingerprint density at radius 1 is 1.27 bits per heavy atom. The van der Waals surface area contributed by atoms with Gasteiger partial charge in [0, 0.05) is 0 Å². The van der Waals surface area contributed by atoms with Crippen molar-refractivity contribution in [3.05, 3.63) is 0 Å². The van der Waals surface area contributed by atoms with Crippen molar-refractivity contribution in [2.24, 2.45) is 11.8 Å². The fraction of sp³-hybridized carbons (Fsp3) is 1.00. The Bertz CT molecular complexity index is 128. The molecule has 3 heteroatoms. The predicted molar refractivity (Wildman–Crippen MR) is 37.2 cm³/mol. The van der Waals surface area contributed by atoms with E-state index in [2.05, 4.69) is 0 Å². The van der Waals surface area contributed by atoms with Crippen LogP contribution in [-0.2, 0) is 0 Å². The molecule has 66 valence electrons. The van der Waals surface area contributed by atoms with Crippen molar-refractivity contribution in [2.45, 2.75) is 38.8 Å². The predicted octanol–water partition coefficient (Wildman–Crippen LogP) is 3.38. The van der Waals surface area contributed by atoms with E-state index in [4.69, 9.17) is 0 Å². The zero-order valence-corrected chi connectivity index (χ0v) is 6.62. The lowest BCUT2D eigenvalue weighted by molar-refractivity contribution is -0.183. The largest absolute Gasteiger partial charge is 0.392 e. The summed E-state index contributed by atoms with van der Waals surface area (Å²) in [5.41, 5.74) is 0. The molecule has 0 aromatic rings. The van der Waals surface area contributed by atoms with Gasteiger partial charge in [0.1, 0.15) is 0 Å². The molecule has 0 bridgehead atoms. The van der Waals surface area contributed by atoms with Gasteiger partial charge in [-0.1, -0.05) is 19.8 Å². The number of halogens is 3. The van der Waals surface area contributed by atoms with E-state index >= 15 is 0 Å². The van der Waals surface area contributed by atoms with E-state index in [-0.39, 0.29) is 5.92 Å². The Morgan fingerprint density at radius 3 is 2.27 bits per heavy atom. The number of hydrogen-bond donors (Lipinski definition) is 0. The summed E-state index contributed by atoms with van der Waals surface area (Å²) in [7, 11) is 0. The van der Waals surface area contributed by atoms with Gasteiger partial charge in [0.05, 0.1) is 5.92 Å². The molecule has 1 aliphatic carbocycles. The molecule has 0 saturated heterocycles. The van der Waals surface area contributed by atoms with Gasteiger partial charge in [-0.15, -0.1) is 0 Å². The third kappa shape index (κ3) is 1.88. The highest BCUT2D eigenvalue weighted by molar-refractivity contribution is 4.81. The normalized spacial score (nSPS) is 32.7. The van der Waals surface area contributed by atoms with Crippen molar-refractivity contribution in [1.82, 2.24) is 0 Å². The quantitative estimate of drug-likeness (QED) is 0.560. The summed E-state index contributed by atoms with van der Waals surface area (Å²) in [5, 5.41) is 0. The minimum absolute atomic E-state index is 0.102. The average Bonchev–Trinajstić information content (AvgIpc) is 2.31. The van der Waals surface area contributed by atoms with Gasteiger partial charge < -0.3 is 0 Å². The standard InChI is InChI=1S/C8H13F3/c1-2-6-4-3-5-7(6)8(9,10)11/h6-7H,2-5H2,1H3. The first-order valence-corrected chi connectivity index (χ1v) is 4.12. The van der Waals surface area contributed by atoms with Crippen molar-refractivity contribution in [3.63, 3.8) is 0 Å². The molecule has 0 heterocycles. The zero-order valence-electron chi connectivity index (χ0n) is 6.62. The number of rotatable bonds is 1. The first-order chi connectivity index (χ1) is 5.05. The number of alkyl halides is 3. The van der Waals surface area contributed by atoms with E-state index in [1.165, 1.54) is 0 Å². The van der Waals surface area contributed by atoms with Crippen LogP contribution in [0.3, 0.4) is 0 Å². The smallest absolute Gasteiger partial charge is 0.171 e. The summed E-state index contributed by atoms with van der Waals surface area (Å²) in [6.45, 7) is 1.84. The van der Waals surface area contributed by atoms with Crippen molar-refractivity contribution < 1.29 is 13.2 Å². The van der Waals surface area contributed by atoms with Crippen LogP contribution in [0.5, 0.6) is 0 Å². The van der Waals surface area contributed by atoms with Gasteiger partial charge in [0.2, 0.25) is 0 Å². The zero-order chi connectivity index (χ0) is 8.48. The second-order valence-corrected chi connectivity index (χ2v) is 3.25. The van der Waals surface area contributed by atoms with Gasteiger partial charge in [0.15, 0.2) is 0 Å². The molecule has 0 spiro atoms. The molecule has 0 amide bonds. The molecule has 0 nitrogen and oxygen atoms in total. The van der Waals surface area contributed by atoms with Crippen LogP contribution < -0.4 is 0 Å². The summed E-state index contributed by atoms with van der Waals surface area (Å²) < 4.78 is 36.6. The van der Waals surface area contributed by atoms with Gasteiger partial charge >= 0.3 is 6.18 Å². The third-order valence-corrected chi connectivity index (χ3v) is 2.60. The molecule has 1 saturated carbocycles. The molecule has 1 fully saturated rings. The molecule has 0 aliphatic heterocycles. The van der Waals surface area contributed by atoms with Crippen molar-refractivity contribution in [2.75, 3.05) is 0 Å². The first kappa shape index (κ1) is 8.88. The van der Waals surface area contributed by atoms with E-state index in [0.29, 0.717) is 12.8 Å². The Balaban J connectivity index is 2.57. The van der Waals surface area contributed by atoms with Crippen LogP contribution in [0.15, 0.2) is 0 Å². The minimum atomic E-state index is -3.95. The second-order valence-electron chi connectivity index (χ2n) is 3.25. The van der Waals surface area contributed by atoms with E-state index in [9.17, 15) is 13.2 Å². The summed E-state index contributed by atoms with van der Waals surface area (Å²) in [5.74, 6) is -1.11. The molecule has 0 radical (unpaired) electrons. The topological polar surface area (TPSA) is 0 Å². The van der Waals surface area contributed by atoms with Crippen LogP contribution in [0.2, 0.25) is 0 Å². The van der Waals surface area contributed by atoms with Crippen molar-refractivity contribution >= 4 is 0 Å².